The largest absolute Gasteiger partial charge is 0.497 e. The van der Waals surface area contributed by atoms with Gasteiger partial charge in [-0.15, -0.1) is 0 Å². The number of hydrogen-bond donors (Lipinski definition) is 1. The Labute approximate surface area is 226 Å². The molecule has 0 atom stereocenters. The molecule has 2 heterocycles. The van der Waals surface area contributed by atoms with E-state index in [1.165, 1.54) is 0 Å². The van der Waals surface area contributed by atoms with Crippen molar-refractivity contribution in [2.24, 2.45) is 0 Å². The fraction of sp³-hybridized carbons (Fsp3) is 0.194. The molecule has 198 valence electrons. The predicted octanol–water partition coefficient (Wildman–Crippen LogP) is 6.17. The van der Waals surface area contributed by atoms with E-state index in [1.807, 2.05) is 96.7 Å². The van der Waals surface area contributed by atoms with Gasteiger partial charge >= 0.3 is 5.97 Å². The summed E-state index contributed by atoms with van der Waals surface area (Å²) in [6.45, 7) is 2.73. The number of nitrogens with zero attached hydrogens (tertiary/aromatic N) is 3. The van der Waals surface area contributed by atoms with Crippen LogP contribution in [0.1, 0.15) is 29.0 Å². The smallest absolute Gasteiger partial charge is 0.303 e. The molecule has 8 heteroatoms. The standard InChI is InChI=1S/C31H29N3O5/c1-21-28(32-31(39-21)24-6-4-3-5-7-24)20-38-27-13-8-22(9-14-27)18-34-19-25(12-17-29(35)36)30(33-34)23-10-15-26(37-2)16-11-23/h3-11,13-16,19H,12,17-18,20H2,1-2H3,(H,35,36). The number of methoxy groups -OCH3 is 1. The van der Waals surface area contributed by atoms with Crippen molar-refractivity contribution in [1.82, 2.24) is 14.8 Å². The van der Waals surface area contributed by atoms with Gasteiger partial charge < -0.3 is 19.0 Å². The molecule has 0 radical (unpaired) electrons. The summed E-state index contributed by atoms with van der Waals surface area (Å²) in [5.74, 6) is 1.96. The van der Waals surface area contributed by atoms with E-state index in [9.17, 15) is 9.90 Å². The Bertz CT molecular complexity index is 1540. The SMILES string of the molecule is COc1ccc(-c2nn(Cc3ccc(OCc4nc(-c5ccccc5)oc4C)cc3)cc2CCC(=O)O)cc1. The van der Waals surface area contributed by atoms with Crippen LogP contribution in [0.2, 0.25) is 0 Å². The molecule has 0 aliphatic rings. The van der Waals surface area contributed by atoms with Gasteiger partial charge in [-0.05, 0) is 73.0 Å². The first-order valence-corrected chi connectivity index (χ1v) is 12.6. The van der Waals surface area contributed by atoms with Crippen molar-refractivity contribution < 1.29 is 23.8 Å². The number of aryl methyl sites for hydroxylation is 2. The minimum absolute atomic E-state index is 0.0404. The Balaban J connectivity index is 1.26. The van der Waals surface area contributed by atoms with Crippen LogP contribution in [0.5, 0.6) is 11.5 Å². The first kappa shape index (κ1) is 25.8. The van der Waals surface area contributed by atoms with Crippen molar-refractivity contribution in [2.45, 2.75) is 32.9 Å². The highest BCUT2D eigenvalue weighted by Gasteiger charge is 2.14. The average Bonchev–Trinajstić information content (AvgIpc) is 3.54. The van der Waals surface area contributed by atoms with E-state index >= 15 is 0 Å². The maximum atomic E-state index is 11.2. The summed E-state index contributed by atoms with van der Waals surface area (Å²) in [6.07, 6.45) is 2.36. The topological polar surface area (TPSA) is 99.6 Å². The molecule has 5 aromatic rings. The number of aromatic nitrogens is 3. The number of ether oxygens (including phenoxy) is 2. The molecule has 0 bridgehead atoms. The molecule has 0 amide bonds. The van der Waals surface area contributed by atoms with Gasteiger partial charge in [-0.25, -0.2) is 4.98 Å². The summed E-state index contributed by atoms with van der Waals surface area (Å²) >= 11 is 0. The van der Waals surface area contributed by atoms with E-state index in [2.05, 4.69) is 4.98 Å². The Morgan fingerprint density at radius 1 is 0.949 bits per heavy atom. The Hall–Kier alpha value is -4.85. The van der Waals surface area contributed by atoms with Crippen LogP contribution < -0.4 is 9.47 Å². The molecule has 0 unspecified atom stereocenters. The van der Waals surface area contributed by atoms with E-state index < -0.39 is 5.97 Å². The minimum Gasteiger partial charge on any atom is -0.497 e. The van der Waals surface area contributed by atoms with Crippen molar-refractivity contribution >= 4 is 5.97 Å². The third kappa shape index (κ3) is 6.35. The predicted molar refractivity (Wildman–Crippen MR) is 147 cm³/mol. The summed E-state index contributed by atoms with van der Waals surface area (Å²) < 4.78 is 18.9. The lowest BCUT2D eigenvalue weighted by atomic mass is 10.0. The van der Waals surface area contributed by atoms with Crippen molar-refractivity contribution in [3.63, 3.8) is 0 Å². The quantitative estimate of drug-likeness (QED) is 0.221. The van der Waals surface area contributed by atoms with Crippen molar-refractivity contribution in [2.75, 3.05) is 7.11 Å². The van der Waals surface area contributed by atoms with Crippen LogP contribution in [-0.2, 0) is 24.4 Å². The number of rotatable bonds is 11. The lowest BCUT2D eigenvalue weighted by molar-refractivity contribution is -0.136. The van der Waals surface area contributed by atoms with Crippen molar-refractivity contribution in [1.29, 1.82) is 0 Å². The highest BCUT2D eigenvalue weighted by Crippen LogP contribution is 2.27. The molecule has 5 rings (SSSR count). The summed E-state index contributed by atoms with van der Waals surface area (Å²) in [5, 5.41) is 14.0. The Kier molecular flexibility index (Phi) is 7.73. The van der Waals surface area contributed by atoms with E-state index in [1.54, 1.807) is 7.11 Å². The number of carbonyl (C=O) groups is 1. The molecule has 0 fully saturated rings. The lowest BCUT2D eigenvalue weighted by Crippen LogP contribution is -2.01. The van der Waals surface area contributed by atoms with Gasteiger partial charge in [0.05, 0.1) is 19.3 Å². The number of carboxylic acid groups (broad SMARTS) is 1. The third-order valence-electron chi connectivity index (χ3n) is 6.37. The fourth-order valence-electron chi connectivity index (χ4n) is 4.26. The van der Waals surface area contributed by atoms with E-state index in [0.29, 0.717) is 25.5 Å². The van der Waals surface area contributed by atoms with E-state index in [4.69, 9.17) is 19.0 Å². The first-order valence-electron chi connectivity index (χ1n) is 12.6. The summed E-state index contributed by atoms with van der Waals surface area (Å²) in [5.41, 5.74) is 5.31. The molecule has 0 aliphatic heterocycles. The highest BCUT2D eigenvalue weighted by atomic mass is 16.5. The van der Waals surface area contributed by atoms with E-state index in [-0.39, 0.29) is 6.42 Å². The summed E-state index contributed by atoms with van der Waals surface area (Å²) in [4.78, 5) is 15.8. The van der Waals surface area contributed by atoms with Crippen molar-refractivity contribution in [3.8, 4) is 34.2 Å². The maximum Gasteiger partial charge on any atom is 0.303 e. The van der Waals surface area contributed by atoms with Crippen LogP contribution in [0.25, 0.3) is 22.7 Å². The summed E-state index contributed by atoms with van der Waals surface area (Å²) in [7, 11) is 1.62. The third-order valence-corrected chi connectivity index (χ3v) is 6.37. The molecular formula is C31H29N3O5. The minimum atomic E-state index is -0.837. The van der Waals surface area contributed by atoms with Crippen LogP contribution >= 0.6 is 0 Å². The number of hydrogen-bond acceptors (Lipinski definition) is 6. The second kappa shape index (κ2) is 11.7. The Morgan fingerprint density at radius 2 is 1.67 bits per heavy atom. The van der Waals surface area contributed by atoms with Gasteiger partial charge in [0, 0.05) is 23.7 Å². The van der Waals surface area contributed by atoms with Crippen LogP contribution in [0, 0.1) is 6.92 Å². The van der Waals surface area contributed by atoms with Gasteiger partial charge in [-0.2, -0.15) is 5.10 Å². The van der Waals surface area contributed by atoms with Crippen LogP contribution in [0.3, 0.4) is 0 Å². The lowest BCUT2D eigenvalue weighted by Gasteiger charge is -2.07. The molecular weight excluding hydrogens is 494 g/mol. The normalized spacial score (nSPS) is 10.9. The van der Waals surface area contributed by atoms with Gasteiger partial charge in [0.1, 0.15) is 29.6 Å². The van der Waals surface area contributed by atoms with Gasteiger partial charge in [0.25, 0.3) is 0 Å². The number of aliphatic carboxylic acids is 1. The fourth-order valence-corrected chi connectivity index (χ4v) is 4.26. The second-order valence-corrected chi connectivity index (χ2v) is 9.14. The summed E-state index contributed by atoms with van der Waals surface area (Å²) in [6, 6.07) is 25.2. The van der Waals surface area contributed by atoms with Gasteiger partial charge in [0.15, 0.2) is 0 Å². The monoisotopic (exact) mass is 523 g/mol. The van der Waals surface area contributed by atoms with Crippen LogP contribution in [-0.4, -0.2) is 33.0 Å². The molecule has 0 saturated heterocycles. The molecule has 0 saturated carbocycles. The second-order valence-electron chi connectivity index (χ2n) is 9.14. The zero-order valence-electron chi connectivity index (χ0n) is 21.8. The van der Waals surface area contributed by atoms with Crippen molar-refractivity contribution in [3.05, 3.63) is 108 Å². The molecule has 0 spiro atoms. The highest BCUT2D eigenvalue weighted by molar-refractivity contribution is 5.69. The number of benzene rings is 3. The average molecular weight is 524 g/mol. The maximum absolute atomic E-state index is 11.2. The molecule has 1 N–H and O–H groups in total. The van der Waals surface area contributed by atoms with Gasteiger partial charge in [-0.3, -0.25) is 9.48 Å². The van der Waals surface area contributed by atoms with Crippen LogP contribution in [0.4, 0.5) is 0 Å². The number of oxazole rings is 1. The van der Waals surface area contributed by atoms with E-state index in [0.717, 1.165) is 50.9 Å². The zero-order chi connectivity index (χ0) is 27.2. The molecule has 39 heavy (non-hydrogen) atoms. The van der Waals surface area contributed by atoms with Crippen LogP contribution in [0.15, 0.2) is 89.5 Å². The van der Waals surface area contributed by atoms with Gasteiger partial charge in [0.2, 0.25) is 5.89 Å². The first-order chi connectivity index (χ1) is 19.0. The van der Waals surface area contributed by atoms with Gasteiger partial charge in [-0.1, -0.05) is 30.3 Å². The molecule has 3 aromatic carbocycles. The molecule has 8 nitrogen and oxygen atoms in total. The molecule has 0 aliphatic carbocycles. The Morgan fingerprint density at radius 3 is 2.36 bits per heavy atom. The molecule has 2 aromatic heterocycles. The number of carboxylic acids is 1. The zero-order valence-corrected chi connectivity index (χ0v) is 21.8.